The predicted molar refractivity (Wildman–Crippen MR) is 77.1 cm³/mol. The van der Waals surface area contributed by atoms with Crippen LogP contribution < -0.4 is 5.32 Å². The number of aryl methyl sites for hydroxylation is 2. The zero-order valence-corrected chi connectivity index (χ0v) is 12.5. The van der Waals surface area contributed by atoms with E-state index in [-0.39, 0.29) is 0 Å². The molecule has 4 nitrogen and oxygen atoms in total. The van der Waals surface area contributed by atoms with Crippen molar-refractivity contribution in [2.45, 2.75) is 64.7 Å². The van der Waals surface area contributed by atoms with Gasteiger partial charge in [0.15, 0.2) is 0 Å². The predicted octanol–water partition coefficient (Wildman–Crippen LogP) is 2.56. The highest BCUT2D eigenvalue weighted by molar-refractivity contribution is 5.07. The number of hydrogen-bond acceptors (Lipinski definition) is 3. The number of hydrogen-bond donors (Lipinski definition) is 1. The molecule has 0 radical (unpaired) electrons. The Morgan fingerprint density at radius 1 is 1.37 bits per heavy atom. The number of ether oxygens (including phenoxy) is 1. The Morgan fingerprint density at radius 2 is 2.11 bits per heavy atom. The molecule has 1 heterocycles. The molecule has 19 heavy (non-hydrogen) atoms. The summed E-state index contributed by atoms with van der Waals surface area (Å²) in [6.07, 6.45) is 6.49. The first-order valence-electron chi connectivity index (χ1n) is 7.53. The molecule has 1 aromatic heterocycles. The molecule has 0 saturated heterocycles. The molecule has 1 aliphatic rings. The molecule has 0 unspecified atom stereocenters. The molecule has 1 fully saturated rings. The Hall–Kier alpha value is -0.870. The minimum Gasteiger partial charge on any atom is -0.372 e. The fourth-order valence-electron chi connectivity index (χ4n) is 2.78. The van der Waals surface area contributed by atoms with Crippen LogP contribution in [0.4, 0.5) is 0 Å². The van der Waals surface area contributed by atoms with Crippen molar-refractivity contribution >= 4 is 0 Å². The molecule has 4 heteroatoms. The Morgan fingerprint density at radius 3 is 2.68 bits per heavy atom. The smallest absolute Gasteiger partial charge is 0.0888 e. The summed E-state index contributed by atoms with van der Waals surface area (Å²) in [4.78, 5) is 0. The normalized spacial score (nSPS) is 23.7. The Kier molecular flexibility index (Phi) is 5.40. The summed E-state index contributed by atoms with van der Waals surface area (Å²) < 4.78 is 7.95. The van der Waals surface area contributed by atoms with Crippen LogP contribution in [-0.4, -0.2) is 28.5 Å². The maximum Gasteiger partial charge on any atom is 0.0888 e. The van der Waals surface area contributed by atoms with Crippen molar-refractivity contribution in [2.75, 3.05) is 6.54 Å². The van der Waals surface area contributed by atoms with Crippen molar-refractivity contribution in [1.29, 1.82) is 0 Å². The van der Waals surface area contributed by atoms with Crippen molar-refractivity contribution in [3.05, 3.63) is 17.5 Å². The van der Waals surface area contributed by atoms with E-state index in [4.69, 9.17) is 4.74 Å². The standard InChI is InChI=1S/C15H27N3O/c1-4-9-16-13-5-7-15(8-6-13)19-11-14-10-12(2)17-18(14)3/h10,13,15-16H,4-9,11H2,1-3H3. The van der Waals surface area contributed by atoms with Crippen molar-refractivity contribution in [3.63, 3.8) is 0 Å². The largest absolute Gasteiger partial charge is 0.372 e. The number of aromatic nitrogens is 2. The second-order valence-corrected chi connectivity index (χ2v) is 5.64. The van der Waals surface area contributed by atoms with Crippen LogP contribution in [0.15, 0.2) is 6.07 Å². The Balaban J connectivity index is 1.70. The van der Waals surface area contributed by atoms with Crippen molar-refractivity contribution in [1.82, 2.24) is 15.1 Å². The van der Waals surface area contributed by atoms with Gasteiger partial charge < -0.3 is 10.1 Å². The van der Waals surface area contributed by atoms with E-state index in [1.54, 1.807) is 0 Å². The van der Waals surface area contributed by atoms with Crippen molar-refractivity contribution < 1.29 is 4.74 Å². The highest BCUT2D eigenvalue weighted by atomic mass is 16.5. The van der Waals surface area contributed by atoms with Gasteiger partial charge in [-0.15, -0.1) is 0 Å². The molecule has 0 atom stereocenters. The lowest BCUT2D eigenvalue weighted by Gasteiger charge is -2.29. The van der Waals surface area contributed by atoms with Crippen LogP contribution in [0.3, 0.4) is 0 Å². The summed E-state index contributed by atoms with van der Waals surface area (Å²) in [5.41, 5.74) is 2.23. The van der Waals surface area contributed by atoms with Crippen molar-refractivity contribution in [2.24, 2.45) is 7.05 Å². The number of nitrogens with one attached hydrogen (secondary N) is 1. The Bertz CT molecular complexity index is 381. The molecule has 1 N–H and O–H groups in total. The van der Waals surface area contributed by atoms with Crippen LogP contribution >= 0.6 is 0 Å². The van der Waals surface area contributed by atoms with Crippen LogP contribution in [0.2, 0.25) is 0 Å². The zero-order chi connectivity index (χ0) is 13.7. The van der Waals surface area contributed by atoms with Gasteiger partial charge in [0.05, 0.1) is 24.1 Å². The third kappa shape index (κ3) is 4.32. The first kappa shape index (κ1) is 14.5. The van der Waals surface area contributed by atoms with E-state index in [2.05, 4.69) is 23.4 Å². The summed E-state index contributed by atoms with van der Waals surface area (Å²) in [6, 6.07) is 2.81. The van der Waals surface area contributed by atoms with Gasteiger partial charge in [-0.25, -0.2) is 0 Å². The maximum absolute atomic E-state index is 6.03. The van der Waals surface area contributed by atoms with Crippen LogP contribution in [-0.2, 0) is 18.4 Å². The lowest BCUT2D eigenvalue weighted by Crippen LogP contribution is -2.35. The van der Waals surface area contributed by atoms with Gasteiger partial charge in [0, 0.05) is 13.1 Å². The molecule has 1 saturated carbocycles. The molecule has 2 rings (SSSR count). The Labute approximate surface area is 116 Å². The summed E-state index contributed by atoms with van der Waals surface area (Å²) in [6.45, 7) is 6.07. The first-order valence-corrected chi connectivity index (χ1v) is 7.53. The lowest BCUT2D eigenvalue weighted by molar-refractivity contribution is 0.00854. The monoisotopic (exact) mass is 265 g/mol. The van der Waals surface area contributed by atoms with Crippen LogP contribution in [0.5, 0.6) is 0 Å². The van der Waals surface area contributed by atoms with Gasteiger partial charge in [-0.1, -0.05) is 6.92 Å². The van der Waals surface area contributed by atoms with Crippen LogP contribution in [0.1, 0.15) is 50.4 Å². The minimum atomic E-state index is 0.426. The molecule has 0 amide bonds. The third-order valence-corrected chi connectivity index (χ3v) is 3.92. The van der Waals surface area contributed by atoms with Gasteiger partial charge in [-0.05, 0) is 51.6 Å². The first-order chi connectivity index (χ1) is 9.19. The molecule has 0 spiro atoms. The summed E-state index contributed by atoms with van der Waals surface area (Å²) in [5.74, 6) is 0. The van der Waals surface area contributed by atoms with E-state index in [1.807, 2.05) is 18.7 Å². The lowest BCUT2D eigenvalue weighted by atomic mass is 9.93. The molecule has 108 valence electrons. The third-order valence-electron chi connectivity index (χ3n) is 3.92. The molecule has 0 aromatic carbocycles. The van der Waals surface area contributed by atoms with Gasteiger partial charge in [0.1, 0.15) is 0 Å². The molecule has 1 aromatic rings. The van der Waals surface area contributed by atoms with Gasteiger partial charge in [-0.2, -0.15) is 5.10 Å². The molecule has 0 bridgehead atoms. The summed E-state index contributed by atoms with van der Waals surface area (Å²) >= 11 is 0. The van der Waals surface area contributed by atoms with Gasteiger partial charge in [0.2, 0.25) is 0 Å². The fourth-order valence-corrected chi connectivity index (χ4v) is 2.78. The average Bonchev–Trinajstić information content (AvgIpc) is 2.73. The van der Waals surface area contributed by atoms with Crippen LogP contribution in [0.25, 0.3) is 0 Å². The maximum atomic E-state index is 6.03. The zero-order valence-electron chi connectivity index (χ0n) is 12.5. The van der Waals surface area contributed by atoms with E-state index in [0.717, 1.165) is 12.2 Å². The van der Waals surface area contributed by atoms with E-state index < -0.39 is 0 Å². The second kappa shape index (κ2) is 7.06. The molecule has 0 aliphatic heterocycles. The number of nitrogens with zero attached hydrogens (tertiary/aromatic N) is 2. The van der Waals surface area contributed by atoms with Crippen molar-refractivity contribution in [3.8, 4) is 0 Å². The highest BCUT2D eigenvalue weighted by Crippen LogP contribution is 2.22. The SMILES string of the molecule is CCCNC1CCC(OCc2cc(C)nn2C)CC1. The van der Waals surface area contributed by atoms with E-state index in [9.17, 15) is 0 Å². The summed E-state index contributed by atoms with van der Waals surface area (Å²) in [5, 5.41) is 7.96. The van der Waals surface area contributed by atoms with E-state index >= 15 is 0 Å². The van der Waals surface area contributed by atoms with Gasteiger partial charge in [0.25, 0.3) is 0 Å². The average molecular weight is 265 g/mol. The second-order valence-electron chi connectivity index (χ2n) is 5.64. The number of rotatable bonds is 6. The fraction of sp³-hybridized carbons (Fsp3) is 0.800. The van der Waals surface area contributed by atoms with Crippen LogP contribution in [0, 0.1) is 6.92 Å². The van der Waals surface area contributed by atoms with Gasteiger partial charge in [-0.3, -0.25) is 4.68 Å². The van der Waals surface area contributed by atoms with E-state index in [0.29, 0.717) is 18.8 Å². The topological polar surface area (TPSA) is 39.1 Å². The summed E-state index contributed by atoms with van der Waals surface area (Å²) in [7, 11) is 1.98. The quantitative estimate of drug-likeness (QED) is 0.859. The minimum absolute atomic E-state index is 0.426. The van der Waals surface area contributed by atoms with Gasteiger partial charge >= 0.3 is 0 Å². The molecule has 1 aliphatic carbocycles. The highest BCUT2D eigenvalue weighted by Gasteiger charge is 2.21. The molecular formula is C15H27N3O. The van der Waals surface area contributed by atoms with E-state index in [1.165, 1.54) is 37.8 Å². The molecular weight excluding hydrogens is 238 g/mol.